The summed E-state index contributed by atoms with van der Waals surface area (Å²) < 4.78 is 10.6. The number of carboxylic acid groups (broad SMARTS) is 1. The van der Waals surface area contributed by atoms with E-state index in [1.54, 1.807) is 19.1 Å². The van der Waals surface area contributed by atoms with Crippen LogP contribution in [-0.4, -0.2) is 48.8 Å². The minimum absolute atomic E-state index is 0.181. The SMILES string of the molecule is COc1cc2c(cc1OC)CN(C(=O)N[C@@H](CC(C)C)C(=O)O)CC2. The average Bonchev–Trinajstić information content (AvgIpc) is 2.58. The standard InChI is InChI=1S/C18H26N2O5/c1-11(2)7-14(17(21)22)19-18(23)20-6-5-12-8-15(24-3)16(25-4)9-13(12)10-20/h8-9,11,14H,5-7,10H2,1-4H3,(H,19,23)(H,21,22)/t14-/m0/s1. The van der Waals surface area contributed by atoms with Crippen LogP contribution in [0.5, 0.6) is 11.5 Å². The molecule has 2 rings (SSSR count). The van der Waals surface area contributed by atoms with Crippen LogP contribution >= 0.6 is 0 Å². The van der Waals surface area contributed by atoms with Gasteiger partial charge in [-0.2, -0.15) is 0 Å². The average molecular weight is 350 g/mol. The van der Waals surface area contributed by atoms with E-state index in [1.165, 1.54) is 0 Å². The van der Waals surface area contributed by atoms with Gasteiger partial charge in [-0.25, -0.2) is 9.59 Å². The first-order valence-electron chi connectivity index (χ1n) is 8.37. The van der Waals surface area contributed by atoms with Crippen LogP contribution in [0.25, 0.3) is 0 Å². The lowest BCUT2D eigenvalue weighted by Gasteiger charge is -2.31. The number of methoxy groups -OCH3 is 2. The molecule has 0 aromatic heterocycles. The molecule has 0 spiro atoms. The van der Waals surface area contributed by atoms with Gasteiger partial charge >= 0.3 is 12.0 Å². The smallest absolute Gasteiger partial charge is 0.326 e. The fraction of sp³-hybridized carbons (Fsp3) is 0.556. The number of urea groups is 1. The number of rotatable bonds is 6. The molecule has 7 nitrogen and oxygen atoms in total. The van der Waals surface area contributed by atoms with E-state index >= 15 is 0 Å². The Labute approximate surface area is 147 Å². The van der Waals surface area contributed by atoms with E-state index in [9.17, 15) is 14.7 Å². The van der Waals surface area contributed by atoms with Gasteiger partial charge in [-0.05, 0) is 42.0 Å². The Hall–Kier alpha value is -2.44. The van der Waals surface area contributed by atoms with Crippen molar-refractivity contribution in [1.82, 2.24) is 10.2 Å². The predicted octanol–water partition coefficient (Wildman–Crippen LogP) is 2.27. The lowest BCUT2D eigenvalue weighted by molar-refractivity contribution is -0.139. The number of fused-ring (bicyclic) bond motifs is 1. The molecule has 2 amide bonds. The summed E-state index contributed by atoms with van der Waals surface area (Å²) in [4.78, 5) is 25.4. The number of hydrogen-bond donors (Lipinski definition) is 2. The van der Waals surface area contributed by atoms with Crippen LogP contribution < -0.4 is 14.8 Å². The van der Waals surface area contributed by atoms with Crippen molar-refractivity contribution in [1.29, 1.82) is 0 Å². The Morgan fingerprint density at radius 2 is 1.80 bits per heavy atom. The van der Waals surface area contributed by atoms with Gasteiger partial charge in [-0.3, -0.25) is 0 Å². The van der Waals surface area contributed by atoms with E-state index in [1.807, 2.05) is 26.0 Å². The molecule has 1 aliphatic rings. The number of nitrogens with zero attached hydrogens (tertiary/aromatic N) is 1. The molecular weight excluding hydrogens is 324 g/mol. The van der Waals surface area contributed by atoms with E-state index < -0.39 is 12.0 Å². The van der Waals surface area contributed by atoms with Gasteiger partial charge in [0.1, 0.15) is 6.04 Å². The number of amides is 2. The lowest BCUT2D eigenvalue weighted by Crippen LogP contribution is -2.49. The summed E-state index contributed by atoms with van der Waals surface area (Å²) in [6, 6.07) is 2.58. The molecule has 7 heteroatoms. The van der Waals surface area contributed by atoms with Gasteiger partial charge in [0.25, 0.3) is 0 Å². The molecule has 0 saturated heterocycles. The highest BCUT2D eigenvalue weighted by Crippen LogP contribution is 2.33. The summed E-state index contributed by atoms with van der Waals surface area (Å²) in [7, 11) is 3.16. The molecule has 0 bridgehead atoms. The zero-order valence-electron chi connectivity index (χ0n) is 15.2. The summed E-state index contributed by atoms with van der Waals surface area (Å²) in [6.07, 6.45) is 1.08. The number of nitrogens with one attached hydrogen (secondary N) is 1. The maximum atomic E-state index is 12.5. The Morgan fingerprint density at radius 1 is 1.20 bits per heavy atom. The summed E-state index contributed by atoms with van der Waals surface area (Å²) >= 11 is 0. The van der Waals surface area contributed by atoms with Gasteiger partial charge in [0, 0.05) is 13.1 Å². The summed E-state index contributed by atoms with van der Waals surface area (Å²) in [6.45, 7) is 4.80. The zero-order valence-corrected chi connectivity index (χ0v) is 15.2. The van der Waals surface area contributed by atoms with Crippen LogP contribution in [0.4, 0.5) is 4.79 Å². The molecule has 0 radical (unpaired) electrons. The highest BCUT2D eigenvalue weighted by atomic mass is 16.5. The molecule has 0 aliphatic carbocycles. The van der Waals surface area contributed by atoms with Crippen LogP contribution in [0.1, 0.15) is 31.4 Å². The van der Waals surface area contributed by atoms with Crippen LogP contribution in [0.3, 0.4) is 0 Å². The molecule has 25 heavy (non-hydrogen) atoms. The summed E-state index contributed by atoms with van der Waals surface area (Å²) in [5.41, 5.74) is 2.09. The van der Waals surface area contributed by atoms with Crippen molar-refractivity contribution in [3.63, 3.8) is 0 Å². The molecule has 0 saturated carbocycles. The maximum absolute atomic E-state index is 12.5. The second kappa shape index (κ2) is 8.09. The van der Waals surface area contributed by atoms with Crippen LogP contribution in [0.15, 0.2) is 12.1 Å². The van der Waals surface area contributed by atoms with Gasteiger partial charge in [-0.15, -0.1) is 0 Å². The third-order valence-corrected chi connectivity index (χ3v) is 4.31. The Kier molecular flexibility index (Phi) is 6.12. The van der Waals surface area contributed by atoms with E-state index in [2.05, 4.69) is 5.32 Å². The van der Waals surface area contributed by atoms with Crippen molar-refractivity contribution in [2.45, 2.75) is 39.3 Å². The quantitative estimate of drug-likeness (QED) is 0.822. The first kappa shape index (κ1) is 18.9. The van der Waals surface area contributed by atoms with Crippen LogP contribution in [0.2, 0.25) is 0 Å². The van der Waals surface area contributed by atoms with Crippen molar-refractivity contribution < 1.29 is 24.2 Å². The van der Waals surface area contributed by atoms with E-state index in [0.717, 1.165) is 11.1 Å². The highest BCUT2D eigenvalue weighted by molar-refractivity contribution is 5.82. The number of ether oxygens (including phenoxy) is 2. The Balaban J connectivity index is 2.10. The third kappa shape index (κ3) is 4.55. The number of benzene rings is 1. The first-order valence-corrected chi connectivity index (χ1v) is 8.37. The zero-order chi connectivity index (χ0) is 18.6. The highest BCUT2D eigenvalue weighted by Gasteiger charge is 2.27. The normalized spacial score (nSPS) is 14.7. The number of hydrogen-bond acceptors (Lipinski definition) is 4. The number of carbonyl (C=O) groups excluding carboxylic acids is 1. The molecular formula is C18H26N2O5. The number of aliphatic carboxylic acids is 1. The summed E-state index contributed by atoms with van der Waals surface area (Å²) in [5, 5.41) is 11.9. The second-order valence-electron chi connectivity index (χ2n) is 6.62. The van der Waals surface area contributed by atoms with Crippen molar-refractivity contribution in [3.8, 4) is 11.5 Å². The molecule has 1 aliphatic heterocycles. The van der Waals surface area contributed by atoms with Gasteiger partial charge in [0.15, 0.2) is 11.5 Å². The Morgan fingerprint density at radius 3 is 2.32 bits per heavy atom. The van der Waals surface area contributed by atoms with E-state index in [4.69, 9.17) is 9.47 Å². The molecule has 1 aromatic carbocycles. The molecule has 0 unspecified atom stereocenters. The maximum Gasteiger partial charge on any atom is 0.326 e. The minimum atomic E-state index is -1.01. The Bertz CT molecular complexity index is 645. The molecule has 0 fully saturated rings. The van der Waals surface area contributed by atoms with Crippen molar-refractivity contribution in [2.24, 2.45) is 5.92 Å². The lowest BCUT2D eigenvalue weighted by atomic mass is 9.99. The predicted molar refractivity (Wildman–Crippen MR) is 93.1 cm³/mol. The van der Waals surface area contributed by atoms with Gasteiger partial charge in [-0.1, -0.05) is 13.8 Å². The number of carbonyl (C=O) groups is 2. The van der Waals surface area contributed by atoms with E-state index in [0.29, 0.717) is 37.4 Å². The summed E-state index contributed by atoms with van der Waals surface area (Å²) in [5.74, 6) is 0.458. The molecule has 2 N–H and O–H groups in total. The second-order valence-corrected chi connectivity index (χ2v) is 6.62. The van der Waals surface area contributed by atoms with Crippen LogP contribution in [0, 0.1) is 5.92 Å². The fourth-order valence-corrected chi connectivity index (χ4v) is 2.99. The third-order valence-electron chi connectivity index (χ3n) is 4.31. The van der Waals surface area contributed by atoms with E-state index in [-0.39, 0.29) is 11.9 Å². The number of carboxylic acids is 1. The molecule has 1 heterocycles. The fourth-order valence-electron chi connectivity index (χ4n) is 2.99. The van der Waals surface area contributed by atoms with Crippen molar-refractivity contribution >= 4 is 12.0 Å². The van der Waals surface area contributed by atoms with Gasteiger partial charge < -0.3 is 24.8 Å². The van der Waals surface area contributed by atoms with Gasteiger partial charge in [0.2, 0.25) is 0 Å². The first-order chi connectivity index (χ1) is 11.8. The monoisotopic (exact) mass is 350 g/mol. The largest absolute Gasteiger partial charge is 0.493 e. The minimum Gasteiger partial charge on any atom is -0.493 e. The molecule has 138 valence electrons. The van der Waals surface area contributed by atoms with Crippen molar-refractivity contribution in [2.75, 3.05) is 20.8 Å². The van der Waals surface area contributed by atoms with Gasteiger partial charge in [0.05, 0.1) is 14.2 Å². The van der Waals surface area contributed by atoms with Crippen molar-refractivity contribution in [3.05, 3.63) is 23.3 Å². The molecule has 1 aromatic rings. The topological polar surface area (TPSA) is 88.1 Å². The molecule has 1 atom stereocenters. The van der Waals surface area contributed by atoms with Crippen LogP contribution in [-0.2, 0) is 17.8 Å².